The van der Waals surface area contributed by atoms with Crippen LogP contribution < -0.4 is 0 Å². The topological polar surface area (TPSA) is 49.8 Å². The highest BCUT2D eigenvalue weighted by Gasteiger charge is 2.45. The van der Waals surface area contributed by atoms with Gasteiger partial charge in [0.15, 0.2) is 0 Å². The Labute approximate surface area is 71.1 Å². The molecule has 2 heterocycles. The van der Waals surface area contributed by atoms with E-state index >= 15 is 0 Å². The molecule has 0 amide bonds. The summed E-state index contributed by atoms with van der Waals surface area (Å²) < 4.78 is 5.28. The molecule has 0 aliphatic carbocycles. The van der Waals surface area contributed by atoms with Crippen LogP contribution in [0.1, 0.15) is 6.42 Å². The molecule has 0 bridgehead atoms. The van der Waals surface area contributed by atoms with Gasteiger partial charge in [0, 0.05) is 25.1 Å². The summed E-state index contributed by atoms with van der Waals surface area (Å²) in [4.78, 5) is 12.3. The molecule has 4 heteroatoms. The van der Waals surface area contributed by atoms with Crippen LogP contribution in [-0.4, -0.2) is 48.8 Å². The van der Waals surface area contributed by atoms with Crippen LogP contribution in [0.5, 0.6) is 0 Å². The first-order chi connectivity index (χ1) is 5.70. The summed E-state index contributed by atoms with van der Waals surface area (Å²) in [5, 5.41) is 8.51. The van der Waals surface area contributed by atoms with Crippen LogP contribution in [-0.2, 0) is 9.53 Å². The van der Waals surface area contributed by atoms with Gasteiger partial charge in [-0.1, -0.05) is 0 Å². The second kappa shape index (κ2) is 2.71. The minimum atomic E-state index is -0.733. The van der Waals surface area contributed by atoms with Gasteiger partial charge in [-0.15, -0.1) is 0 Å². The zero-order chi connectivity index (χ0) is 8.60. The average molecular weight is 171 g/mol. The van der Waals surface area contributed by atoms with Gasteiger partial charge in [-0.3, -0.25) is 9.69 Å². The standard InChI is InChI=1S/C8H13NO3/c10-7(11)3-9-4-8(5-9)1-2-12-6-8/h1-6H2,(H,10,11). The Hall–Kier alpha value is -0.610. The van der Waals surface area contributed by atoms with Crippen molar-refractivity contribution in [1.82, 2.24) is 4.90 Å². The van der Waals surface area contributed by atoms with E-state index in [1.165, 1.54) is 0 Å². The van der Waals surface area contributed by atoms with E-state index in [0.29, 0.717) is 5.41 Å². The van der Waals surface area contributed by atoms with Crippen LogP contribution in [0.15, 0.2) is 0 Å². The quantitative estimate of drug-likeness (QED) is 0.624. The van der Waals surface area contributed by atoms with E-state index < -0.39 is 5.97 Å². The highest BCUT2D eigenvalue weighted by molar-refractivity contribution is 5.69. The summed E-state index contributed by atoms with van der Waals surface area (Å²) in [5.41, 5.74) is 0.315. The molecule has 0 aromatic carbocycles. The summed E-state index contributed by atoms with van der Waals surface area (Å²) in [7, 11) is 0. The Morgan fingerprint density at radius 1 is 1.58 bits per heavy atom. The largest absolute Gasteiger partial charge is 0.480 e. The van der Waals surface area contributed by atoms with Crippen molar-refractivity contribution in [1.29, 1.82) is 0 Å². The van der Waals surface area contributed by atoms with Crippen molar-refractivity contribution in [2.75, 3.05) is 32.8 Å². The molecule has 2 fully saturated rings. The summed E-state index contributed by atoms with van der Waals surface area (Å²) in [6, 6.07) is 0. The zero-order valence-corrected chi connectivity index (χ0v) is 6.95. The van der Waals surface area contributed by atoms with Gasteiger partial charge in [0.05, 0.1) is 13.2 Å². The molecule has 2 aliphatic rings. The third kappa shape index (κ3) is 1.32. The number of hydrogen-bond acceptors (Lipinski definition) is 3. The molecular weight excluding hydrogens is 158 g/mol. The molecule has 2 rings (SSSR count). The number of carbonyl (C=O) groups is 1. The fourth-order valence-corrected chi connectivity index (χ4v) is 2.10. The maximum Gasteiger partial charge on any atom is 0.317 e. The highest BCUT2D eigenvalue weighted by Crippen LogP contribution is 2.37. The monoisotopic (exact) mass is 171 g/mol. The van der Waals surface area contributed by atoms with Crippen molar-refractivity contribution in [2.45, 2.75) is 6.42 Å². The zero-order valence-electron chi connectivity index (χ0n) is 6.95. The van der Waals surface area contributed by atoms with Gasteiger partial charge in [0.2, 0.25) is 0 Å². The second-order valence-corrected chi connectivity index (χ2v) is 3.84. The average Bonchev–Trinajstić information content (AvgIpc) is 2.33. The molecule has 0 atom stereocenters. The first-order valence-electron chi connectivity index (χ1n) is 4.22. The van der Waals surface area contributed by atoms with E-state index in [2.05, 4.69) is 0 Å². The first kappa shape index (κ1) is 8.01. The van der Waals surface area contributed by atoms with Crippen LogP contribution >= 0.6 is 0 Å². The van der Waals surface area contributed by atoms with Crippen molar-refractivity contribution in [3.63, 3.8) is 0 Å². The molecule has 1 spiro atoms. The van der Waals surface area contributed by atoms with Crippen LogP contribution in [0.4, 0.5) is 0 Å². The van der Waals surface area contributed by atoms with E-state index in [4.69, 9.17) is 9.84 Å². The molecule has 1 N–H and O–H groups in total. The van der Waals surface area contributed by atoms with Gasteiger partial charge in [-0.25, -0.2) is 0 Å². The molecule has 68 valence electrons. The third-order valence-corrected chi connectivity index (χ3v) is 2.66. The molecule has 12 heavy (non-hydrogen) atoms. The van der Waals surface area contributed by atoms with Gasteiger partial charge < -0.3 is 9.84 Å². The molecule has 4 nitrogen and oxygen atoms in total. The van der Waals surface area contributed by atoms with Gasteiger partial charge >= 0.3 is 5.97 Å². The van der Waals surface area contributed by atoms with Crippen LogP contribution in [0.2, 0.25) is 0 Å². The molecule has 2 saturated heterocycles. The number of carboxylic acid groups (broad SMARTS) is 1. The van der Waals surface area contributed by atoms with Crippen LogP contribution in [0.25, 0.3) is 0 Å². The number of likely N-dealkylation sites (tertiary alicyclic amines) is 1. The van der Waals surface area contributed by atoms with E-state index in [-0.39, 0.29) is 6.54 Å². The Balaban J connectivity index is 1.79. The predicted molar refractivity (Wildman–Crippen MR) is 41.9 cm³/mol. The summed E-state index contributed by atoms with van der Waals surface area (Å²) in [6.45, 7) is 3.66. The first-order valence-corrected chi connectivity index (χ1v) is 4.22. The van der Waals surface area contributed by atoms with E-state index in [0.717, 1.165) is 32.7 Å². The van der Waals surface area contributed by atoms with Crippen LogP contribution in [0.3, 0.4) is 0 Å². The Kier molecular flexibility index (Phi) is 1.81. The van der Waals surface area contributed by atoms with Gasteiger partial charge in [-0.2, -0.15) is 0 Å². The molecule has 0 saturated carbocycles. The van der Waals surface area contributed by atoms with E-state index in [1.807, 2.05) is 4.90 Å². The number of rotatable bonds is 2. The molecule has 0 unspecified atom stereocenters. The fraction of sp³-hybridized carbons (Fsp3) is 0.875. The van der Waals surface area contributed by atoms with Crippen molar-refractivity contribution in [2.24, 2.45) is 5.41 Å². The van der Waals surface area contributed by atoms with E-state index in [9.17, 15) is 4.79 Å². The summed E-state index contributed by atoms with van der Waals surface area (Å²) in [6.07, 6.45) is 1.10. The van der Waals surface area contributed by atoms with E-state index in [1.54, 1.807) is 0 Å². The van der Waals surface area contributed by atoms with Gasteiger partial charge in [0.1, 0.15) is 0 Å². The van der Waals surface area contributed by atoms with Crippen LogP contribution in [0, 0.1) is 5.41 Å². The SMILES string of the molecule is O=C(O)CN1CC2(CCOC2)C1. The Bertz CT molecular complexity index is 190. The second-order valence-electron chi connectivity index (χ2n) is 3.84. The summed E-state index contributed by atoms with van der Waals surface area (Å²) >= 11 is 0. The normalized spacial score (nSPS) is 27.3. The number of nitrogens with zero attached hydrogens (tertiary/aromatic N) is 1. The summed E-state index contributed by atoms with van der Waals surface area (Å²) in [5.74, 6) is -0.733. The highest BCUT2D eigenvalue weighted by atomic mass is 16.5. The Morgan fingerprint density at radius 3 is 2.83 bits per heavy atom. The minimum Gasteiger partial charge on any atom is -0.480 e. The number of hydrogen-bond donors (Lipinski definition) is 1. The molecule has 2 aliphatic heterocycles. The lowest BCUT2D eigenvalue weighted by Gasteiger charge is -2.46. The maximum atomic E-state index is 10.3. The number of ether oxygens (including phenoxy) is 1. The van der Waals surface area contributed by atoms with Crippen molar-refractivity contribution < 1.29 is 14.6 Å². The maximum absolute atomic E-state index is 10.3. The minimum absolute atomic E-state index is 0.182. The molecule has 0 radical (unpaired) electrons. The lowest BCUT2D eigenvalue weighted by Crippen LogP contribution is -2.57. The fourth-order valence-electron chi connectivity index (χ4n) is 2.10. The number of carboxylic acids is 1. The smallest absolute Gasteiger partial charge is 0.317 e. The number of aliphatic carboxylic acids is 1. The van der Waals surface area contributed by atoms with Crippen molar-refractivity contribution in [3.8, 4) is 0 Å². The molecule has 0 aromatic rings. The van der Waals surface area contributed by atoms with Gasteiger partial charge in [0.25, 0.3) is 0 Å². The van der Waals surface area contributed by atoms with Crippen molar-refractivity contribution in [3.05, 3.63) is 0 Å². The third-order valence-electron chi connectivity index (χ3n) is 2.66. The van der Waals surface area contributed by atoms with Crippen molar-refractivity contribution >= 4 is 5.97 Å². The lowest BCUT2D eigenvalue weighted by atomic mass is 9.79. The molecular formula is C8H13NO3. The molecule has 0 aromatic heterocycles. The lowest BCUT2D eigenvalue weighted by molar-refractivity contribution is -0.141. The Morgan fingerprint density at radius 2 is 2.33 bits per heavy atom. The van der Waals surface area contributed by atoms with Gasteiger partial charge in [-0.05, 0) is 6.42 Å². The predicted octanol–water partition coefficient (Wildman–Crippen LogP) is -0.207.